The summed E-state index contributed by atoms with van der Waals surface area (Å²) in [6.07, 6.45) is 0. The Kier molecular flexibility index (Phi) is 1.35. The molecule has 0 fully saturated rings. The second-order valence-corrected chi connectivity index (χ2v) is 1.67. The monoisotopic (exact) mass is 129 g/mol. The zero-order valence-electron chi connectivity index (χ0n) is 5.00. The van der Waals surface area contributed by atoms with Gasteiger partial charge in [-0.25, -0.2) is 0 Å². The summed E-state index contributed by atoms with van der Waals surface area (Å²) in [5.74, 6) is 0. The van der Waals surface area contributed by atoms with Crippen LogP contribution in [-0.2, 0) is 6.54 Å². The molecule has 0 unspecified atom stereocenters. The maximum atomic E-state index is 10.4. The van der Waals surface area contributed by atoms with Crippen LogP contribution in [0.15, 0.2) is 4.63 Å². The van der Waals surface area contributed by atoms with Crippen LogP contribution in [0, 0.1) is 12.1 Å². The summed E-state index contributed by atoms with van der Waals surface area (Å²) in [4.78, 5) is 0.336. The third-order valence-corrected chi connectivity index (χ3v) is 1.11. The normalized spacial score (nSPS) is 10.0. The summed E-state index contributed by atoms with van der Waals surface area (Å²) in [6, 6.07) is 0. The van der Waals surface area contributed by atoms with Gasteiger partial charge in [0.15, 0.2) is 5.69 Å². The van der Waals surface area contributed by atoms with Crippen LogP contribution in [0.3, 0.4) is 0 Å². The molecule has 2 N–H and O–H groups in total. The minimum absolute atomic E-state index is 0.241. The first kappa shape index (κ1) is 6.03. The van der Waals surface area contributed by atoms with Crippen molar-refractivity contribution in [2.75, 3.05) is 0 Å². The Morgan fingerprint density at radius 3 is 2.78 bits per heavy atom. The highest BCUT2D eigenvalue weighted by Crippen LogP contribution is 1.94. The molecule has 0 atom stereocenters. The van der Waals surface area contributed by atoms with Gasteiger partial charge < -0.3 is 10.9 Å². The Labute approximate surface area is 51.6 Å². The average Bonchev–Trinajstić information content (AvgIpc) is 2.15. The van der Waals surface area contributed by atoms with Crippen molar-refractivity contribution in [1.82, 2.24) is 5.16 Å². The van der Waals surface area contributed by atoms with Gasteiger partial charge in [0.25, 0.3) is 0 Å². The van der Waals surface area contributed by atoms with E-state index in [2.05, 4.69) is 9.79 Å². The van der Waals surface area contributed by atoms with Crippen LogP contribution >= 0.6 is 0 Å². The maximum absolute atomic E-state index is 10.4. The lowest BCUT2D eigenvalue weighted by Crippen LogP contribution is -2.26. The minimum Gasteiger partial charge on any atom is -0.359 e. The molecule has 0 saturated carbocycles. The highest BCUT2D eigenvalue weighted by atomic mass is 16.8. The van der Waals surface area contributed by atoms with E-state index >= 15 is 0 Å². The Morgan fingerprint density at radius 1 is 1.89 bits per heavy atom. The zero-order valence-corrected chi connectivity index (χ0v) is 5.00. The summed E-state index contributed by atoms with van der Waals surface area (Å²) < 4.78 is 4.22. The molecule has 0 radical (unpaired) electrons. The quantitative estimate of drug-likeness (QED) is 0.497. The van der Waals surface area contributed by atoms with Gasteiger partial charge in [0, 0.05) is 12.1 Å². The number of nitrogens with zero attached hydrogens (tertiary/aromatic N) is 2. The van der Waals surface area contributed by atoms with E-state index in [1.54, 1.807) is 6.92 Å². The lowest BCUT2D eigenvalue weighted by Gasteiger charge is -1.84. The van der Waals surface area contributed by atoms with E-state index in [-0.39, 0.29) is 6.54 Å². The molecular formula is C4H7N3O2. The van der Waals surface area contributed by atoms with Gasteiger partial charge in [-0.2, -0.15) is 0 Å². The maximum Gasteiger partial charge on any atom is 0.234 e. The average molecular weight is 129 g/mol. The molecule has 0 aliphatic rings. The number of hydrogen-bond acceptors (Lipinski definition) is 4. The Morgan fingerprint density at radius 2 is 2.56 bits per heavy atom. The third kappa shape index (κ3) is 0.857. The van der Waals surface area contributed by atoms with Crippen LogP contribution in [0.1, 0.15) is 11.4 Å². The Balaban J connectivity index is 3.04. The second-order valence-electron chi connectivity index (χ2n) is 1.67. The summed E-state index contributed by atoms with van der Waals surface area (Å²) in [7, 11) is 0. The summed E-state index contributed by atoms with van der Waals surface area (Å²) >= 11 is 0. The third-order valence-electron chi connectivity index (χ3n) is 1.11. The largest absolute Gasteiger partial charge is 0.359 e. The summed E-state index contributed by atoms with van der Waals surface area (Å²) in [5.41, 5.74) is 6.12. The van der Waals surface area contributed by atoms with Crippen LogP contribution in [-0.4, -0.2) is 5.16 Å². The smallest absolute Gasteiger partial charge is 0.234 e. The van der Waals surface area contributed by atoms with Crippen molar-refractivity contribution in [2.45, 2.75) is 13.5 Å². The van der Waals surface area contributed by atoms with E-state index in [0.29, 0.717) is 16.3 Å². The molecule has 1 aromatic heterocycles. The minimum atomic E-state index is 0.241. The van der Waals surface area contributed by atoms with Gasteiger partial charge >= 0.3 is 0 Å². The molecule has 1 aromatic rings. The predicted octanol–water partition coefficient (Wildman–Crippen LogP) is -0.925. The highest BCUT2D eigenvalue weighted by molar-refractivity contribution is 4.98. The molecule has 0 amide bonds. The fraction of sp³-hybridized carbons (Fsp3) is 0.500. The van der Waals surface area contributed by atoms with E-state index in [1.807, 2.05) is 0 Å². The first-order valence-electron chi connectivity index (χ1n) is 2.51. The molecule has 5 heteroatoms. The molecule has 1 heterocycles. The van der Waals surface area contributed by atoms with Crippen molar-refractivity contribution < 1.29 is 9.53 Å². The molecule has 0 saturated heterocycles. The van der Waals surface area contributed by atoms with Crippen LogP contribution in [0.25, 0.3) is 0 Å². The van der Waals surface area contributed by atoms with E-state index < -0.39 is 0 Å². The molecule has 50 valence electrons. The molecular weight excluding hydrogens is 122 g/mol. The SMILES string of the molecule is Cc1c(CN)no[n+]1[O-]. The van der Waals surface area contributed by atoms with Gasteiger partial charge in [-0.3, -0.25) is 4.63 Å². The van der Waals surface area contributed by atoms with Gasteiger partial charge in [0.2, 0.25) is 5.69 Å². The van der Waals surface area contributed by atoms with Crippen LogP contribution in [0.4, 0.5) is 0 Å². The van der Waals surface area contributed by atoms with Crippen molar-refractivity contribution in [3.8, 4) is 0 Å². The van der Waals surface area contributed by atoms with Gasteiger partial charge in [0.1, 0.15) is 0 Å². The van der Waals surface area contributed by atoms with Crippen molar-refractivity contribution in [1.29, 1.82) is 0 Å². The number of rotatable bonds is 1. The summed E-state index contributed by atoms with van der Waals surface area (Å²) in [5, 5.41) is 13.8. The molecule has 0 spiro atoms. The first-order chi connectivity index (χ1) is 4.25. The topological polar surface area (TPSA) is 79.0 Å². The standard InChI is InChI=1S/C4H7N3O2/c1-3-4(2-5)6-9-7(3)8/h2,5H2,1H3. The van der Waals surface area contributed by atoms with Crippen LogP contribution in [0.5, 0.6) is 0 Å². The van der Waals surface area contributed by atoms with Gasteiger partial charge in [-0.05, 0) is 4.90 Å². The fourth-order valence-corrected chi connectivity index (χ4v) is 0.504. The van der Waals surface area contributed by atoms with Crippen molar-refractivity contribution >= 4 is 0 Å². The first-order valence-corrected chi connectivity index (χ1v) is 2.51. The lowest BCUT2D eigenvalue weighted by molar-refractivity contribution is -0.806. The fourth-order valence-electron chi connectivity index (χ4n) is 0.504. The zero-order chi connectivity index (χ0) is 6.85. The predicted molar refractivity (Wildman–Crippen MR) is 28.1 cm³/mol. The molecule has 0 aliphatic heterocycles. The number of aromatic nitrogens is 2. The molecule has 0 bridgehead atoms. The lowest BCUT2D eigenvalue weighted by atomic mass is 10.3. The van der Waals surface area contributed by atoms with Crippen molar-refractivity contribution in [3.05, 3.63) is 16.6 Å². The number of hydrogen-bond donors (Lipinski definition) is 1. The number of nitrogens with two attached hydrogens (primary N) is 1. The van der Waals surface area contributed by atoms with E-state index in [0.717, 1.165) is 0 Å². The molecule has 9 heavy (non-hydrogen) atoms. The molecule has 1 rings (SSSR count). The van der Waals surface area contributed by atoms with Crippen molar-refractivity contribution in [2.24, 2.45) is 5.73 Å². The van der Waals surface area contributed by atoms with Crippen LogP contribution < -0.4 is 10.6 Å². The van der Waals surface area contributed by atoms with E-state index in [9.17, 15) is 5.21 Å². The highest BCUT2D eigenvalue weighted by Gasteiger charge is 2.10. The molecule has 0 aromatic carbocycles. The summed E-state index contributed by atoms with van der Waals surface area (Å²) in [6.45, 7) is 1.84. The van der Waals surface area contributed by atoms with E-state index in [1.165, 1.54) is 0 Å². The Bertz CT molecular complexity index is 208. The van der Waals surface area contributed by atoms with Gasteiger partial charge in [-0.15, -0.1) is 0 Å². The Hall–Kier alpha value is -1.10. The van der Waals surface area contributed by atoms with Gasteiger partial charge in [-0.1, -0.05) is 0 Å². The molecule has 0 aliphatic carbocycles. The molecule has 5 nitrogen and oxygen atoms in total. The van der Waals surface area contributed by atoms with Crippen molar-refractivity contribution in [3.63, 3.8) is 0 Å². The van der Waals surface area contributed by atoms with E-state index in [4.69, 9.17) is 5.73 Å². The second kappa shape index (κ2) is 2.02. The van der Waals surface area contributed by atoms with Crippen LogP contribution in [0.2, 0.25) is 0 Å². The van der Waals surface area contributed by atoms with Gasteiger partial charge in [0.05, 0.1) is 6.54 Å².